The molecule has 0 aliphatic rings. The highest BCUT2D eigenvalue weighted by Gasteiger charge is 2.17. The summed E-state index contributed by atoms with van der Waals surface area (Å²) in [6.07, 6.45) is 2.01. The van der Waals surface area contributed by atoms with E-state index in [0.717, 1.165) is 38.8 Å². The topological polar surface area (TPSA) is 38.9 Å². The van der Waals surface area contributed by atoms with Crippen LogP contribution in [0.15, 0.2) is 70.8 Å². The van der Waals surface area contributed by atoms with Gasteiger partial charge in [-0.1, -0.05) is 46.0 Å². The van der Waals surface area contributed by atoms with Crippen LogP contribution in [-0.4, -0.2) is 20.8 Å². The molecule has 0 amide bonds. The molecule has 2 aromatic carbocycles. The number of rotatable bonds is 7. The van der Waals surface area contributed by atoms with Crippen LogP contribution in [0.1, 0.15) is 22.5 Å². The fourth-order valence-corrected chi connectivity index (χ4v) is 4.66. The number of hydrogen-bond acceptors (Lipinski definition) is 4. The van der Waals surface area contributed by atoms with Crippen molar-refractivity contribution in [2.75, 3.05) is 5.75 Å². The lowest BCUT2D eigenvalue weighted by atomic mass is 10.2. The minimum absolute atomic E-state index is 0.236. The van der Waals surface area contributed by atoms with Crippen molar-refractivity contribution in [2.45, 2.75) is 25.3 Å². The lowest BCUT2D eigenvalue weighted by Crippen LogP contribution is -2.11. The smallest absolute Gasteiger partial charge is 0.143 e. The number of aryl methyl sites for hydroxylation is 2. The standard InChI is InChI=1S/C24H20Cl3N3OS/c1-15-9-10-30-23(11-15)28-16(2)24(30)22(14-32-20-7-5-18(25)6-8-20)29-31-13-17-3-4-19(26)12-21(17)27/h3-12H,13-14H2,1-2H3/b29-22-. The molecule has 0 unspecified atom stereocenters. The first-order valence-electron chi connectivity index (χ1n) is 9.87. The van der Waals surface area contributed by atoms with Crippen LogP contribution < -0.4 is 0 Å². The molecule has 0 N–H and O–H groups in total. The number of pyridine rings is 1. The van der Waals surface area contributed by atoms with Gasteiger partial charge in [-0.05, 0) is 67.9 Å². The molecule has 2 heterocycles. The van der Waals surface area contributed by atoms with E-state index < -0.39 is 0 Å². The van der Waals surface area contributed by atoms with Gasteiger partial charge in [0.15, 0.2) is 0 Å². The molecule has 0 radical (unpaired) electrons. The van der Waals surface area contributed by atoms with Crippen molar-refractivity contribution in [3.63, 3.8) is 0 Å². The van der Waals surface area contributed by atoms with E-state index in [-0.39, 0.29) is 6.61 Å². The highest BCUT2D eigenvalue weighted by molar-refractivity contribution is 8.00. The number of aromatic nitrogens is 2. The first-order valence-corrected chi connectivity index (χ1v) is 12.0. The molecule has 0 spiro atoms. The highest BCUT2D eigenvalue weighted by Crippen LogP contribution is 2.25. The monoisotopic (exact) mass is 503 g/mol. The van der Waals surface area contributed by atoms with Crippen molar-refractivity contribution in [1.82, 2.24) is 9.38 Å². The first kappa shape index (κ1) is 23.0. The second kappa shape index (κ2) is 10.2. The molecule has 4 nitrogen and oxygen atoms in total. The summed E-state index contributed by atoms with van der Waals surface area (Å²) in [7, 11) is 0. The Balaban J connectivity index is 1.64. The van der Waals surface area contributed by atoms with Crippen molar-refractivity contribution in [1.29, 1.82) is 0 Å². The van der Waals surface area contributed by atoms with Crippen LogP contribution in [-0.2, 0) is 11.4 Å². The van der Waals surface area contributed by atoms with E-state index in [1.165, 1.54) is 0 Å². The Morgan fingerprint density at radius 3 is 2.50 bits per heavy atom. The number of fused-ring (bicyclic) bond motifs is 1. The molecule has 32 heavy (non-hydrogen) atoms. The van der Waals surface area contributed by atoms with Gasteiger partial charge >= 0.3 is 0 Å². The Morgan fingerprint density at radius 2 is 1.75 bits per heavy atom. The van der Waals surface area contributed by atoms with Crippen molar-refractivity contribution >= 4 is 57.9 Å². The molecule has 0 bridgehead atoms. The lowest BCUT2D eigenvalue weighted by Gasteiger charge is -2.10. The Morgan fingerprint density at radius 1 is 1.00 bits per heavy atom. The summed E-state index contributed by atoms with van der Waals surface area (Å²) in [5.41, 5.74) is 5.43. The van der Waals surface area contributed by atoms with E-state index in [4.69, 9.17) is 44.6 Å². The largest absolute Gasteiger partial charge is 0.391 e. The number of imidazole rings is 1. The first-order chi connectivity index (χ1) is 15.4. The van der Waals surface area contributed by atoms with Crippen molar-refractivity contribution < 1.29 is 4.84 Å². The SMILES string of the molecule is Cc1ccn2c(/C(CSc3ccc(Cl)cc3)=N\OCc3ccc(Cl)cc3Cl)c(C)nc2c1. The molecule has 0 saturated heterocycles. The second-order valence-electron chi connectivity index (χ2n) is 7.27. The fraction of sp³-hybridized carbons (Fsp3) is 0.167. The highest BCUT2D eigenvalue weighted by atomic mass is 35.5. The number of nitrogens with zero attached hydrogens (tertiary/aromatic N) is 3. The maximum atomic E-state index is 6.27. The van der Waals surface area contributed by atoms with Gasteiger partial charge in [-0.3, -0.25) is 4.40 Å². The number of oxime groups is 1. The van der Waals surface area contributed by atoms with E-state index in [2.05, 4.69) is 17.3 Å². The van der Waals surface area contributed by atoms with E-state index in [1.807, 2.05) is 54.8 Å². The molecule has 0 aliphatic heterocycles. The van der Waals surface area contributed by atoms with Crippen LogP contribution in [0.3, 0.4) is 0 Å². The molecule has 0 fully saturated rings. The summed E-state index contributed by atoms with van der Waals surface area (Å²) < 4.78 is 2.04. The van der Waals surface area contributed by atoms with Gasteiger partial charge in [-0.2, -0.15) is 0 Å². The normalized spacial score (nSPS) is 11.8. The lowest BCUT2D eigenvalue weighted by molar-refractivity contribution is 0.130. The number of benzene rings is 2. The zero-order valence-electron chi connectivity index (χ0n) is 17.5. The third-order valence-corrected chi connectivity index (χ3v) is 6.69. The minimum atomic E-state index is 0.236. The second-order valence-corrected chi connectivity index (χ2v) is 9.60. The molecule has 0 atom stereocenters. The van der Waals surface area contributed by atoms with Crippen molar-refractivity contribution in [2.24, 2.45) is 5.16 Å². The third kappa shape index (κ3) is 5.41. The molecule has 4 rings (SSSR count). The van der Waals surface area contributed by atoms with Crippen molar-refractivity contribution in [3.05, 3.63) is 98.4 Å². The van der Waals surface area contributed by atoms with Crippen LogP contribution in [0.5, 0.6) is 0 Å². The summed E-state index contributed by atoms with van der Waals surface area (Å²) in [5, 5.41) is 6.35. The summed E-state index contributed by atoms with van der Waals surface area (Å²) in [6, 6.07) is 17.1. The van der Waals surface area contributed by atoms with Gasteiger partial charge in [-0.25, -0.2) is 4.98 Å². The maximum absolute atomic E-state index is 6.27. The van der Waals surface area contributed by atoms with Gasteiger partial charge in [0.1, 0.15) is 18.0 Å². The summed E-state index contributed by atoms with van der Waals surface area (Å²) >= 11 is 19.9. The predicted octanol–water partition coefficient (Wildman–Crippen LogP) is 7.62. The Labute approximate surface area is 206 Å². The number of hydrogen-bond donors (Lipinski definition) is 0. The zero-order chi connectivity index (χ0) is 22.7. The van der Waals surface area contributed by atoms with Crippen LogP contribution in [0.4, 0.5) is 0 Å². The molecule has 2 aromatic heterocycles. The fourth-order valence-electron chi connectivity index (χ4n) is 3.25. The van der Waals surface area contributed by atoms with Gasteiger partial charge in [0.05, 0.1) is 11.4 Å². The van der Waals surface area contributed by atoms with Crippen LogP contribution in [0.2, 0.25) is 15.1 Å². The number of thioether (sulfide) groups is 1. The molecular weight excluding hydrogens is 485 g/mol. The van der Waals surface area contributed by atoms with Crippen LogP contribution in [0.25, 0.3) is 5.65 Å². The molecule has 0 saturated carbocycles. The Bertz CT molecular complexity index is 1290. The third-order valence-electron chi connectivity index (χ3n) is 4.83. The van der Waals surface area contributed by atoms with Crippen LogP contribution in [0, 0.1) is 13.8 Å². The van der Waals surface area contributed by atoms with Gasteiger partial charge in [0.2, 0.25) is 0 Å². The van der Waals surface area contributed by atoms with Crippen LogP contribution >= 0.6 is 46.6 Å². The molecule has 164 valence electrons. The predicted molar refractivity (Wildman–Crippen MR) is 135 cm³/mol. The van der Waals surface area contributed by atoms with E-state index in [0.29, 0.717) is 20.8 Å². The zero-order valence-corrected chi connectivity index (χ0v) is 20.6. The Kier molecular flexibility index (Phi) is 7.31. The summed E-state index contributed by atoms with van der Waals surface area (Å²) in [5.74, 6) is 0.596. The Hall–Kier alpha value is -2.18. The van der Waals surface area contributed by atoms with Gasteiger partial charge in [-0.15, -0.1) is 11.8 Å². The average Bonchev–Trinajstić information content (AvgIpc) is 3.08. The summed E-state index contributed by atoms with van der Waals surface area (Å²) in [4.78, 5) is 11.6. The summed E-state index contributed by atoms with van der Waals surface area (Å²) in [6.45, 7) is 4.27. The van der Waals surface area contributed by atoms with Gasteiger partial charge in [0.25, 0.3) is 0 Å². The number of halogens is 3. The van der Waals surface area contributed by atoms with E-state index in [1.54, 1.807) is 23.9 Å². The minimum Gasteiger partial charge on any atom is -0.391 e. The van der Waals surface area contributed by atoms with E-state index >= 15 is 0 Å². The van der Waals surface area contributed by atoms with Gasteiger partial charge in [0, 0.05) is 37.5 Å². The average molecular weight is 505 g/mol. The van der Waals surface area contributed by atoms with E-state index in [9.17, 15) is 0 Å². The molecule has 4 aromatic rings. The van der Waals surface area contributed by atoms with Gasteiger partial charge < -0.3 is 4.84 Å². The molecule has 8 heteroatoms. The molecular formula is C24H20Cl3N3OS. The van der Waals surface area contributed by atoms with Crippen molar-refractivity contribution in [3.8, 4) is 0 Å². The quantitative estimate of drug-likeness (QED) is 0.148. The molecule has 0 aliphatic carbocycles. The maximum Gasteiger partial charge on any atom is 0.143 e.